The molecule has 3 N–H and O–H groups in total. The summed E-state index contributed by atoms with van der Waals surface area (Å²) in [6, 6.07) is 7.73. The van der Waals surface area contributed by atoms with Gasteiger partial charge in [0.15, 0.2) is 0 Å². The summed E-state index contributed by atoms with van der Waals surface area (Å²) >= 11 is 5.93. The van der Waals surface area contributed by atoms with E-state index in [1.807, 2.05) is 12.1 Å². The van der Waals surface area contributed by atoms with Crippen molar-refractivity contribution in [1.82, 2.24) is 10.6 Å². The molecule has 1 aromatic rings. The largest absolute Gasteiger partial charge is 0.393 e. The van der Waals surface area contributed by atoms with Crippen LogP contribution in [0.25, 0.3) is 0 Å². The number of benzene rings is 1. The molecule has 1 aliphatic carbocycles. The van der Waals surface area contributed by atoms with Crippen molar-refractivity contribution < 1.29 is 9.90 Å². The van der Waals surface area contributed by atoms with Crippen LogP contribution in [0, 0.1) is 0 Å². The fraction of sp³-hybridized carbons (Fsp3) is 0.562. The second-order valence-electron chi connectivity index (χ2n) is 5.89. The summed E-state index contributed by atoms with van der Waals surface area (Å²) in [5.74, 6) is 0. The normalized spacial score (nSPS) is 17.7. The standard InChI is InChI=1S/C16H23ClN2O2/c1-12(20)7-10-18-15(21)19-11-16(8-2-9-16)13-3-5-14(17)6-4-13/h3-6,12,20H,2,7-11H2,1H3,(H2,18,19,21). The molecular formula is C16H23ClN2O2. The van der Waals surface area contributed by atoms with Gasteiger partial charge in [-0.2, -0.15) is 0 Å². The number of aliphatic hydroxyl groups is 1. The van der Waals surface area contributed by atoms with Crippen LogP contribution in [0.5, 0.6) is 0 Å². The third-order valence-electron chi connectivity index (χ3n) is 4.20. The molecule has 1 fully saturated rings. The lowest BCUT2D eigenvalue weighted by Gasteiger charge is -2.42. The van der Waals surface area contributed by atoms with E-state index in [9.17, 15) is 4.79 Å². The van der Waals surface area contributed by atoms with Gasteiger partial charge in [0.1, 0.15) is 0 Å². The molecule has 0 radical (unpaired) electrons. The van der Waals surface area contributed by atoms with Gasteiger partial charge in [-0.15, -0.1) is 0 Å². The van der Waals surface area contributed by atoms with Crippen molar-refractivity contribution in [1.29, 1.82) is 0 Å². The molecule has 1 saturated carbocycles. The van der Waals surface area contributed by atoms with E-state index in [1.54, 1.807) is 6.92 Å². The molecule has 21 heavy (non-hydrogen) atoms. The fourth-order valence-corrected chi connectivity index (χ4v) is 2.81. The third-order valence-corrected chi connectivity index (χ3v) is 4.45. The van der Waals surface area contributed by atoms with Gasteiger partial charge in [-0.25, -0.2) is 4.79 Å². The van der Waals surface area contributed by atoms with Gasteiger partial charge < -0.3 is 15.7 Å². The molecule has 0 aliphatic heterocycles. The minimum absolute atomic E-state index is 0.0478. The molecule has 2 amide bonds. The van der Waals surface area contributed by atoms with Crippen molar-refractivity contribution in [3.8, 4) is 0 Å². The van der Waals surface area contributed by atoms with Gasteiger partial charge in [-0.3, -0.25) is 0 Å². The van der Waals surface area contributed by atoms with E-state index in [0.29, 0.717) is 19.5 Å². The molecule has 0 heterocycles. The second-order valence-corrected chi connectivity index (χ2v) is 6.32. The van der Waals surface area contributed by atoms with Crippen molar-refractivity contribution in [2.75, 3.05) is 13.1 Å². The van der Waals surface area contributed by atoms with Crippen LogP contribution in [-0.2, 0) is 5.41 Å². The number of carbonyl (C=O) groups is 1. The smallest absolute Gasteiger partial charge is 0.314 e. The highest BCUT2D eigenvalue weighted by Crippen LogP contribution is 2.43. The van der Waals surface area contributed by atoms with Gasteiger partial charge in [0.25, 0.3) is 0 Å². The van der Waals surface area contributed by atoms with E-state index in [-0.39, 0.29) is 11.4 Å². The number of amides is 2. The monoisotopic (exact) mass is 310 g/mol. The van der Waals surface area contributed by atoms with Crippen LogP contribution < -0.4 is 10.6 Å². The van der Waals surface area contributed by atoms with Crippen LogP contribution in [0.15, 0.2) is 24.3 Å². The average molecular weight is 311 g/mol. The molecule has 0 spiro atoms. The van der Waals surface area contributed by atoms with Crippen molar-refractivity contribution >= 4 is 17.6 Å². The Hall–Kier alpha value is -1.26. The molecule has 1 aliphatic rings. The van der Waals surface area contributed by atoms with Crippen LogP contribution in [0.4, 0.5) is 4.79 Å². The van der Waals surface area contributed by atoms with E-state index < -0.39 is 6.10 Å². The van der Waals surface area contributed by atoms with Crippen LogP contribution in [0.1, 0.15) is 38.2 Å². The zero-order chi connectivity index (χ0) is 15.3. The topological polar surface area (TPSA) is 61.4 Å². The van der Waals surface area contributed by atoms with E-state index in [0.717, 1.165) is 17.9 Å². The lowest BCUT2D eigenvalue weighted by Crippen LogP contribution is -2.48. The summed E-state index contributed by atoms with van der Waals surface area (Å²) in [6.07, 6.45) is 3.53. The third kappa shape index (κ3) is 4.35. The highest BCUT2D eigenvalue weighted by atomic mass is 35.5. The number of rotatable bonds is 6. The molecule has 0 saturated heterocycles. The second kappa shape index (κ2) is 7.14. The molecule has 4 nitrogen and oxygen atoms in total. The SMILES string of the molecule is CC(O)CCNC(=O)NCC1(c2ccc(Cl)cc2)CCC1. The Kier molecular flexibility index (Phi) is 5.48. The summed E-state index contributed by atoms with van der Waals surface area (Å²) in [4.78, 5) is 11.8. The Morgan fingerprint density at radius 3 is 2.52 bits per heavy atom. The lowest BCUT2D eigenvalue weighted by atomic mass is 9.64. The first-order chi connectivity index (χ1) is 10.0. The Morgan fingerprint density at radius 1 is 1.33 bits per heavy atom. The Morgan fingerprint density at radius 2 is 2.00 bits per heavy atom. The van der Waals surface area contributed by atoms with Gasteiger partial charge in [0, 0.05) is 23.5 Å². The number of hydrogen-bond acceptors (Lipinski definition) is 2. The van der Waals surface area contributed by atoms with Gasteiger partial charge in [-0.1, -0.05) is 30.2 Å². The maximum Gasteiger partial charge on any atom is 0.314 e. The number of halogens is 1. The molecule has 1 atom stereocenters. The van der Waals surface area contributed by atoms with Crippen LogP contribution in [0.2, 0.25) is 5.02 Å². The lowest BCUT2D eigenvalue weighted by molar-refractivity contribution is 0.182. The van der Waals surface area contributed by atoms with Crippen molar-refractivity contribution in [2.24, 2.45) is 0 Å². The number of hydrogen-bond donors (Lipinski definition) is 3. The van der Waals surface area contributed by atoms with Crippen molar-refractivity contribution in [3.63, 3.8) is 0 Å². The number of carbonyl (C=O) groups excluding carboxylic acids is 1. The fourth-order valence-electron chi connectivity index (χ4n) is 2.68. The van der Waals surface area contributed by atoms with E-state index in [2.05, 4.69) is 22.8 Å². The van der Waals surface area contributed by atoms with Gasteiger partial charge >= 0.3 is 6.03 Å². The molecule has 2 rings (SSSR count). The van der Waals surface area contributed by atoms with Gasteiger partial charge in [-0.05, 0) is 43.9 Å². The van der Waals surface area contributed by atoms with Crippen molar-refractivity contribution in [2.45, 2.75) is 44.1 Å². The summed E-state index contributed by atoms with van der Waals surface area (Å²) in [5.41, 5.74) is 1.29. The maximum atomic E-state index is 11.8. The van der Waals surface area contributed by atoms with E-state index in [1.165, 1.54) is 12.0 Å². The first-order valence-corrected chi connectivity index (χ1v) is 7.85. The molecule has 1 unspecified atom stereocenters. The van der Waals surface area contributed by atoms with Crippen LogP contribution in [-0.4, -0.2) is 30.3 Å². The summed E-state index contributed by atoms with van der Waals surface area (Å²) in [7, 11) is 0. The molecule has 1 aromatic carbocycles. The molecule has 0 aromatic heterocycles. The summed E-state index contributed by atoms with van der Waals surface area (Å²) in [5, 5.41) is 15.6. The van der Waals surface area contributed by atoms with Gasteiger partial charge in [0.2, 0.25) is 0 Å². The van der Waals surface area contributed by atoms with Crippen molar-refractivity contribution in [3.05, 3.63) is 34.9 Å². The highest BCUT2D eigenvalue weighted by molar-refractivity contribution is 6.30. The highest BCUT2D eigenvalue weighted by Gasteiger charge is 2.38. The zero-order valence-corrected chi connectivity index (χ0v) is 13.1. The molecular weight excluding hydrogens is 288 g/mol. The molecule has 0 bridgehead atoms. The predicted molar refractivity (Wildman–Crippen MR) is 84.7 cm³/mol. The van der Waals surface area contributed by atoms with E-state index >= 15 is 0 Å². The zero-order valence-electron chi connectivity index (χ0n) is 12.4. The quantitative estimate of drug-likeness (QED) is 0.756. The van der Waals surface area contributed by atoms with Gasteiger partial charge in [0.05, 0.1) is 6.10 Å². The summed E-state index contributed by atoms with van der Waals surface area (Å²) < 4.78 is 0. The number of urea groups is 1. The Bertz CT molecular complexity index is 470. The Labute approximate surface area is 130 Å². The number of nitrogens with one attached hydrogen (secondary N) is 2. The molecule has 5 heteroatoms. The van der Waals surface area contributed by atoms with Crippen LogP contribution >= 0.6 is 11.6 Å². The van der Waals surface area contributed by atoms with E-state index in [4.69, 9.17) is 16.7 Å². The number of aliphatic hydroxyl groups excluding tert-OH is 1. The minimum Gasteiger partial charge on any atom is -0.393 e. The maximum absolute atomic E-state index is 11.8. The minimum atomic E-state index is -0.391. The molecule has 116 valence electrons. The first-order valence-electron chi connectivity index (χ1n) is 7.48. The first kappa shape index (κ1) is 16.1. The summed E-state index contributed by atoms with van der Waals surface area (Å²) in [6.45, 7) is 2.83. The van der Waals surface area contributed by atoms with Crippen LogP contribution in [0.3, 0.4) is 0 Å². The average Bonchev–Trinajstić information content (AvgIpc) is 2.39. The predicted octanol–water partition coefficient (Wildman–Crippen LogP) is 2.83. The Balaban J connectivity index is 1.85.